The van der Waals surface area contributed by atoms with Crippen molar-refractivity contribution in [2.24, 2.45) is 0 Å². The summed E-state index contributed by atoms with van der Waals surface area (Å²) in [5, 5.41) is 9.79. The molecule has 0 unspecified atom stereocenters. The van der Waals surface area contributed by atoms with Crippen LogP contribution >= 0.6 is 23.1 Å². The van der Waals surface area contributed by atoms with Gasteiger partial charge in [-0.2, -0.15) is 0 Å². The molecule has 0 fully saturated rings. The molecule has 114 valence electrons. The maximum absolute atomic E-state index is 12.7. The summed E-state index contributed by atoms with van der Waals surface area (Å²) in [6.07, 6.45) is 1.53. The Kier molecular flexibility index (Phi) is 4.04. The van der Waals surface area contributed by atoms with Crippen molar-refractivity contribution in [2.45, 2.75) is 18.6 Å². The summed E-state index contributed by atoms with van der Waals surface area (Å²) in [5.41, 5.74) is -0.182. The van der Waals surface area contributed by atoms with E-state index in [-0.39, 0.29) is 17.9 Å². The summed E-state index contributed by atoms with van der Waals surface area (Å²) < 4.78 is 6.74. The van der Waals surface area contributed by atoms with E-state index in [1.165, 1.54) is 22.2 Å². The Bertz CT molecular complexity index is 880. The van der Waals surface area contributed by atoms with Crippen LogP contribution < -0.4 is 5.56 Å². The van der Waals surface area contributed by atoms with E-state index < -0.39 is 5.97 Å². The quantitative estimate of drug-likeness (QED) is 0.569. The first-order valence-corrected chi connectivity index (χ1v) is 8.23. The summed E-state index contributed by atoms with van der Waals surface area (Å²) in [6, 6.07) is 5.31. The Morgan fingerprint density at radius 3 is 3.05 bits per heavy atom. The van der Waals surface area contributed by atoms with Gasteiger partial charge in [-0.05, 0) is 25.1 Å². The highest BCUT2D eigenvalue weighted by molar-refractivity contribution is 7.99. The van der Waals surface area contributed by atoms with Crippen molar-refractivity contribution in [3.05, 3.63) is 45.5 Å². The van der Waals surface area contributed by atoms with Gasteiger partial charge in [0.15, 0.2) is 5.16 Å². The lowest BCUT2D eigenvalue weighted by Crippen LogP contribution is -2.23. The molecule has 0 aliphatic carbocycles. The largest absolute Gasteiger partial charge is 0.481 e. The van der Waals surface area contributed by atoms with E-state index >= 15 is 0 Å². The second-order valence-corrected chi connectivity index (χ2v) is 6.80. The number of carboxylic acids is 1. The van der Waals surface area contributed by atoms with Gasteiger partial charge in [0.05, 0.1) is 23.9 Å². The number of rotatable bonds is 5. The van der Waals surface area contributed by atoms with Crippen LogP contribution in [0.1, 0.15) is 10.6 Å². The molecule has 0 spiro atoms. The molecule has 0 amide bonds. The molecule has 0 atom stereocenters. The Labute approximate surface area is 133 Å². The van der Waals surface area contributed by atoms with Gasteiger partial charge in [-0.3, -0.25) is 14.2 Å². The fraction of sp³-hybridized carbons (Fsp3) is 0.214. The van der Waals surface area contributed by atoms with Gasteiger partial charge in [0.1, 0.15) is 10.6 Å². The maximum Gasteiger partial charge on any atom is 0.313 e. The predicted molar refractivity (Wildman–Crippen MR) is 84.8 cm³/mol. The number of fused-ring (bicyclic) bond motifs is 1. The molecular formula is C14H12N2O4S2. The SMILES string of the molecule is Cc1cc2c(=O)n(Cc3ccco3)c(SCC(=O)O)nc2s1. The van der Waals surface area contributed by atoms with Crippen molar-refractivity contribution >= 4 is 39.3 Å². The average molecular weight is 336 g/mol. The summed E-state index contributed by atoms with van der Waals surface area (Å²) in [5.74, 6) is -0.487. The monoisotopic (exact) mass is 336 g/mol. The minimum absolute atomic E-state index is 0.152. The summed E-state index contributed by atoms with van der Waals surface area (Å²) >= 11 is 2.46. The number of carboxylic acid groups (broad SMARTS) is 1. The van der Waals surface area contributed by atoms with Crippen molar-refractivity contribution in [3.8, 4) is 0 Å². The van der Waals surface area contributed by atoms with Gasteiger partial charge in [-0.15, -0.1) is 11.3 Å². The second kappa shape index (κ2) is 5.98. The Balaban J connectivity index is 2.11. The molecule has 0 saturated heterocycles. The fourth-order valence-corrected chi connectivity index (χ4v) is 3.69. The second-order valence-electron chi connectivity index (χ2n) is 4.62. The summed E-state index contributed by atoms with van der Waals surface area (Å²) in [7, 11) is 0. The summed E-state index contributed by atoms with van der Waals surface area (Å²) in [6.45, 7) is 2.14. The molecule has 1 N–H and O–H groups in total. The van der Waals surface area contributed by atoms with Gasteiger partial charge in [-0.1, -0.05) is 11.8 Å². The van der Waals surface area contributed by atoms with Crippen molar-refractivity contribution in [2.75, 3.05) is 5.75 Å². The van der Waals surface area contributed by atoms with Crippen LogP contribution in [0.2, 0.25) is 0 Å². The standard InChI is InChI=1S/C14H12N2O4S2/c1-8-5-10-12(22-8)15-14(21-7-11(17)18)16(13(10)19)6-9-3-2-4-20-9/h2-5H,6-7H2,1H3,(H,17,18). The number of aliphatic carboxylic acids is 1. The minimum atomic E-state index is -0.953. The molecule has 3 aromatic heterocycles. The molecule has 0 aliphatic heterocycles. The highest BCUT2D eigenvalue weighted by Crippen LogP contribution is 2.24. The van der Waals surface area contributed by atoms with Crippen LogP contribution in [0.5, 0.6) is 0 Å². The first-order valence-electron chi connectivity index (χ1n) is 6.42. The van der Waals surface area contributed by atoms with Gasteiger partial charge in [0.2, 0.25) is 0 Å². The molecule has 0 bridgehead atoms. The molecular weight excluding hydrogens is 324 g/mol. The van der Waals surface area contributed by atoms with Crippen molar-refractivity contribution in [3.63, 3.8) is 0 Å². The zero-order chi connectivity index (χ0) is 15.7. The number of thiophene rings is 1. The van der Waals surface area contributed by atoms with E-state index in [0.717, 1.165) is 16.6 Å². The van der Waals surface area contributed by atoms with Crippen LogP contribution in [0, 0.1) is 6.92 Å². The summed E-state index contributed by atoms with van der Waals surface area (Å²) in [4.78, 5) is 29.5. The number of hydrogen-bond donors (Lipinski definition) is 1. The predicted octanol–water partition coefficient (Wildman–Crippen LogP) is 2.58. The molecule has 6 nitrogen and oxygen atoms in total. The van der Waals surface area contributed by atoms with Gasteiger partial charge >= 0.3 is 5.97 Å². The van der Waals surface area contributed by atoms with Crippen LogP contribution in [-0.2, 0) is 11.3 Å². The van der Waals surface area contributed by atoms with Crippen LogP contribution in [0.15, 0.2) is 38.8 Å². The number of aryl methyl sites for hydroxylation is 1. The maximum atomic E-state index is 12.7. The molecule has 3 aromatic rings. The van der Waals surface area contributed by atoms with Crippen molar-refractivity contribution in [1.29, 1.82) is 0 Å². The smallest absolute Gasteiger partial charge is 0.313 e. The van der Waals surface area contributed by atoms with Crippen LogP contribution in [-0.4, -0.2) is 26.4 Å². The first kappa shape index (κ1) is 14.9. The molecule has 0 aromatic carbocycles. The number of hydrogen-bond acceptors (Lipinski definition) is 6. The zero-order valence-electron chi connectivity index (χ0n) is 11.6. The van der Waals surface area contributed by atoms with Gasteiger partial charge in [0.25, 0.3) is 5.56 Å². The lowest BCUT2D eigenvalue weighted by Gasteiger charge is -2.09. The Morgan fingerprint density at radius 2 is 2.36 bits per heavy atom. The van der Waals surface area contributed by atoms with Gasteiger partial charge < -0.3 is 9.52 Å². The molecule has 0 saturated carbocycles. The van der Waals surface area contributed by atoms with E-state index in [0.29, 0.717) is 21.1 Å². The van der Waals surface area contributed by atoms with E-state index in [1.807, 2.05) is 6.92 Å². The average Bonchev–Trinajstić information content (AvgIpc) is 3.09. The fourth-order valence-electron chi connectivity index (χ4n) is 2.05. The molecule has 22 heavy (non-hydrogen) atoms. The van der Waals surface area contributed by atoms with Crippen LogP contribution in [0.4, 0.5) is 0 Å². The molecule has 0 aliphatic rings. The topological polar surface area (TPSA) is 85.3 Å². The van der Waals surface area contributed by atoms with Gasteiger partial charge in [-0.25, -0.2) is 4.98 Å². The number of nitrogens with zero attached hydrogens (tertiary/aromatic N) is 2. The third-order valence-electron chi connectivity index (χ3n) is 2.96. The molecule has 3 rings (SSSR count). The third kappa shape index (κ3) is 2.93. The van der Waals surface area contributed by atoms with Crippen molar-refractivity contribution < 1.29 is 14.3 Å². The lowest BCUT2D eigenvalue weighted by atomic mass is 10.3. The lowest BCUT2D eigenvalue weighted by molar-refractivity contribution is -0.133. The minimum Gasteiger partial charge on any atom is -0.481 e. The van der Waals surface area contributed by atoms with E-state index in [1.54, 1.807) is 18.2 Å². The Hall–Kier alpha value is -2.06. The van der Waals surface area contributed by atoms with E-state index in [4.69, 9.17) is 9.52 Å². The third-order valence-corrected chi connectivity index (χ3v) is 4.86. The van der Waals surface area contributed by atoms with Gasteiger partial charge in [0, 0.05) is 4.88 Å². The molecule has 0 radical (unpaired) electrons. The first-order chi connectivity index (χ1) is 10.5. The zero-order valence-corrected chi connectivity index (χ0v) is 13.2. The van der Waals surface area contributed by atoms with E-state index in [2.05, 4.69) is 4.98 Å². The van der Waals surface area contributed by atoms with E-state index in [9.17, 15) is 9.59 Å². The number of furan rings is 1. The molecule has 8 heteroatoms. The van der Waals surface area contributed by atoms with Crippen molar-refractivity contribution in [1.82, 2.24) is 9.55 Å². The highest BCUT2D eigenvalue weighted by atomic mass is 32.2. The van der Waals surface area contributed by atoms with Crippen LogP contribution in [0.3, 0.4) is 0 Å². The Morgan fingerprint density at radius 1 is 1.55 bits per heavy atom. The normalized spacial score (nSPS) is 11.1. The number of aromatic nitrogens is 2. The van der Waals surface area contributed by atoms with Crippen LogP contribution in [0.25, 0.3) is 10.2 Å². The molecule has 3 heterocycles. The number of carbonyl (C=O) groups is 1. The number of thioether (sulfide) groups is 1. The highest BCUT2D eigenvalue weighted by Gasteiger charge is 2.15.